The lowest BCUT2D eigenvalue weighted by Gasteiger charge is -2.07. The molecule has 9 nitrogen and oxygen atoms in total. The fraction of sp³-hybridized carbons (Fsp3) is 0.346. The van der Waals surface area contributed by atoms with E-state index in [0.29, 0.717) is 31.9 Å². The van der Waals surface area contributed by atoms with E-state index in [1.807, 2.05) is 47.9 Å². The maximum atomic E-state index is 12.4. The molecule has 0 atom stereocenters. The summed E-state index contributed by atoms with van der Waals surface area (Å²) in [6.45, 7) is 2.72. The zero-order valence-electron chi connectivity index (χ0n) is 19.6. The van der Waals surface area contributed by atoms with Gasteiger partial charge in [0.05, 0.1) is 25.0 Å². The third-order valence-corrected chi connectivity index (χ3v) is 5.94. The van der Waals surface area contributed by atoms with Crippen molar-refractivity contribution in [1.82, 2.24) is 24.4 Å². The van der Waals surface area contributed by atoms with Gasteiger partial charge in [0.1, 0.15) is 12.3 Å². The fourth-order valence-electron chi connectivity index (χ4n) is 4.05. The molecule has 0 amide bonds. The summed E-state index contributed by atoms with van der Waals surface area (Å²) in [5.41, 5.74) is 4.95. The topological polar surface area (TPSA) is 101 Å². The van der Waals surface area contributed by atoms with Crippen LogP contribution < -0.4 is 0 Å². The molecule has 180 valence electrons. The number of nitrogens with zero attached hydrogens (tertiary/aromatic N) is 5. The van der Waals surface area contributed by atoms with E-state index in [4.69, 9.17) is 14.5 Å². The molecule has 3 heterocycles. The Balaban J connectivity index is 1.29. The molecule has 1 aliphatic rings. The van der Waals surface area contributed by atoms with E-state index in [1.54, 1.807) is 10.9 Å². The monoisotopic (exact) mass is 473 g/mol. The van der Waals surface area contributed by atoms with Crippen LogP contribution in [0.25, 0.3) is 5.65 Å². The summed E-state index contributed by atoms with van der Waals surface area (Å²) in [5.74, 6) is -0.152. The number of rotatable bonds is 10. The highest BCUT2D eigenvalue weighted by Gasteiger charge is 2.25. The van der Waals surface area contributed by atoms with Gasteiger partial charge in [-0.15, -0.1) is 5.10 Å². The number of benzene rings is 1. The van der Waals surface area contributed by atoms with E-state index in [9.17, 15) is 9.59 Å². The van der Waals surface area contributed by atoms with Gasteiger partial charge < -0.3 is 13.9 Å². The zero-order valence-corrected chi connectivity index (χ0v) is 19.6. The molecule has 0 aliphatic heterocycles. The highest BCUT2D eigenvalue weighted by atomic mass is 16.5. The Labute approximate surface area is 202 Å². The predicted octanol–water partition coefficient (Wildman–Crippen LogP) is 3.70. The summed E-state index contributed by atoms with van der Waals surface area (Å²) >= 11 is 0. The molecule has 35 heavy (non-hydrogen) atoms. The second-order valence-electron chi connectivity index (χ2n) is 8.70. The van der Waals surface area contributed by atoms with Crippen molar-refractivity contribution in [2.45, 2.75) is 51.7 Å². The lowest BCUT2D eigenvalue weighted by Crippen LogP contribution is -2.06. The third kappa shape index (κ3) is 5.56. The molecular formula is C26H27N5O4. The summed E-state index contributed by atoms with van der Waals surface area (Å²) in [7, 11) is 0. The molecule has 0 saturated heterocycles. The van der Waals surface area contributed by atoms with E-state index < -0.39 is 5.97 Å². The summed E-state index contributed by atoms with van der Waals surface area (Å²) in [6, 6.07) is 11.6. The number of imidazole rings is 1. The summed E-state index contributed by atoms with van der Waals surface area (Å²) < 4.78 is 14.0. The molecule has 0 radical (unpaired) electrons. The zero-order chi connectivity index (χ0) is 24.2. The maximum absolute atomic E-state index is 12.4. The predicted molar refractivity (Wildman–Crippen MR) is 127 cm³/mol. The Bertz CT molecular complexity index is 1340. The normalized spacial score (nSPS) is 13.2. The first-order chi connectivity index (χ1) is 17.1. The summed E-state index contributed by atoms with van der Waals surface area (Å²) in [6.07, 6.45) is 8.90. The number of fused-ring (bicyclic) bond motifs is 1. The van der Waals surface area contributed by atoms with Gasteiger partial charge in [0.2, 0.25) is 0 Å². The van der Waals surface area contributed by atoms with Crippen molar-refractivity contribution in [2.24, 2.45) is 0 Å². The van der Waals surface area contributed by atoms with Gasteiger partial charge in [-0.1, -0.05) is 41.6 Å². The van der Waals surface area contributed by atoms with Crippen molar-refractivity contribution in [1.29, 1.82) is 0 Å². The Kier molecular flexibility index (Phi) is 6.56. The second kappa shape index (κ2) is 10.1. The summed E-state index contributed by atoms with van der Waals surface area (Å²) in [4.78, 5) is 29.1. The van der Waals surface area contributed by atoms with Crippen LogP contribution in [-0.4, -0.2) is 42.9 Å². The highest BCUT2D eigenvalue weighted by Crippen LogP contribution is 2.40. The van der Waals surface area contributed by atoms with Crippen LogP contribution in [0.2, 0.25) is 0 Å². The van der Waals surface area contributed by atoms with Crippen molar-refractivity contribution in [3.63, 3.8) is 0 Å². The minimum absolute atomic E-state index is 0.149. The lowest BCUT2D eigenvalue weighted by atomic mass is 10.1. The molecule has 3 aromatic heterocycles. The molecule has 5 rings (SSSR count). The van der Waals surface area contributed by atoms with Gasteiger partial charge >= 0.3 is 11.9 Å². The third-order valence-electron chi connectivity index (χ3n) is 5.94. The highest BCUT2D eigenvalue weighted by molar-refractivity contribution is 5.86. The SMILES string of the molecule is CCOC(=O)CCc1cc(C2CC2)cn2cc(Cn3cc(C(=O)OCc4ccccc4)nn3)nc12. The summed E-state index contributed by atoms with van der Waals surface area (Å²) in [5, 5.41) is 8.03. The van der Waals surface area contributed by atoms with Gasteiger partial charge in [-0.2, -0.15) is 0 Å². The number of hydrogen-bond donors (Lipinski definition) is 0. The molecule has 1 aromatic carbocycles. The van der Waals surface area contributed by atoms with E-state index in [2.05, 4.69) is 22.6 Å². The lowest BCUT2D eigenvalue weighted by molar-refractivity contribution is -0.143. The number of carbonyl (C=O) groups is 2. The maximum Gasteiger partial charge on any atom is 0.360 e. The molecule has 0 bridgehead atoms. The van der Waals surface area contributed by atoms with Gasteiger partial charge in [-0.05, 0) is 48.8 Å². The van der Waals surface area contributed by atoms with E-state index in [0.717, 1.165) is 22.5 Å². The molecule has 1 saturated carbocycles. The van der Waals surface area contributed by atoms with Gasteiger partial charge in [0, 0.05) is 18.8 Å². The van der Waals surface area contributed by atoms with Crippen LogP contribution in [0.15, 0.2) is 55.0 Å². The first-order valence-electron chi connectivity index (χ1n) is 11.9. The Morgan fingerprint density at radius 2 is 1.91 bits per heavy atom. The number of aryl methyl sites for hydroxylation is 1. The van der Waals surface area contributed by atoms with Gasteiger partial charge in [-0.3, -0.25) is 4.79 Å². The number of hydrogen-bond acceptors (Lipinski definition) is 7. The Morgan fingerprint density at radius 3 is 2.69 bits per heavy atom. The number of carbonyl (C=O) groups excluding carboxylic acids is 2. The standard InChI is InChI=1S/C26H27N5O4/c1-2-34-24(32)11-10-20-12-21(19-8-9-19)13-30-14-22(27-25(20)30)15-31-16-23(28-29-31)26(33)35-17-18-6-4-3-5-7-18/h3-7,12-14,16,19H,2,8-11,15,17H2,1H3. The number of esters is 2. The van der Waals surface area contributed by atoms with Crippen LogP contribution in [0.1, 0.15) is 65.0 Å². The second-order valence-corrected chi connectivity index (χ2v) is 8.70. The van der Waals surface area contributed by atoms with Crippen molar-refractivity contribution < 1.29 is 19.1 Å². The molecule has 0 spiro atoms. The first kappa shape index (κ1) is 22.8. The van der Waals surface area contributed by atoms with Gasteiger partial charge in [0.25, 0.3) is 0 Å². The first-order valence-corrected chi connectivity index (χ1v) is 11.9. The molecule has 9 heteroatoms. The van der Waals surface area contributed by atoms with E-state index in [1.165, 1.54) is 18.4 Å². The van der Waals surface area contributed by atoms with Crippen molar-refractivity contribution in [3.8, 4) is 0 Å². The average molecular weight is 474 g/mol. The average Bonchev–Trinajstić information content (AvgIpc) is 3.48. The van der Waals surface area contributed by atoms with Crippen LogP contribution >= 0.6 is 0 Å². The largest absolute Gasteiger partial charge is 0.466 e. The van der Waals surface area contributed by atoms with Crippen LogP contribution in [0.4, 0.5) is 0 Å². The van der Waals surface area contributed by atoms with Crippen molar-refractivity contribution in [2.75, 3.05) is 6.61 Å². The number of aromatic nitrogens is 5. The van der Waals surface area contributed by atoms with E-state index in [-0.39, 0.29) is 18.3 Å². The molecular weight excluding hydrogens is 446 g/mol. The van der Waals surface area contributed by atoms with E-state index >= 15 is 0 Å². The molecule has 4 aromatic rings. The van der Waals surface area contributed by atoms with Crippen molar-refractivity contribution >= 4 is 17.6 Å². The van der Waals surface area contributed by atoms with Crippen LogP contribution in [-0.2, 0) is 33.8 Å². The molecule has 1 fully saturated rings. The van der Waals surface area contributed by atoms with Gasteiger partial charge in [0.15, 0.2) is 5.69 Å². The molecule has 0 N–H and O–H groups in total. The Morgan fingerprint density at radius 1 is 1.09 bits per heavy atom. The quantitative estimate of drug-likeness (QED) is 0.324. The minimum atomic E-state index is -0.523. The smallest absolute Gasteiger partial charge is 0.360 e. The minimum Gasteiger partial charge on any atom is -0.466 e. The van der Waals surface area contributed by atoms with Crippen LogP contribution in [0.3, 0.4) is 0 Å². The van der Waals surface area contributed by atoms with Crippen molar-refractivity contribution in [3.05, 3.63) is 83.1 Å². The molecule has 1 aliphatic carbocycles. The fourth-order valence-corrected chi connectivity index (χ4v) is 4.05. The van der Waals surface area contributed by atoms with Gasteiger partial charge in [-0.25, -0.2) is 14.5 Å². The van der Waals surface area contributed by atoms with Crippen LogP contribution in [0.5, 0.6) is 0 Å². The molecule has 0 unspecified atom stereocenters. The number of ether oxygens (including phenoxy) is 2. The number of pyridine rings is 1. The Hall–Kier alpha value is -4.01. The van der Waals surface area contributed by atoms with Crippen LogP contribution in [0, 0.1) is 0 Å².